The van der Waals surface area contributed by atoms with Gasteiger partial charge in [0.05, 0.1) is 17.0 Å². The Balaban J connectivity index is 1.97. The van der Waals surface area contributed by atoms with Crippen molar-refractivity contribution in [1.82, 2.24) is 9.29 Å². The second-order valence-electron chi connectivity index (χ2n) is 4.26. The highest BCUT2D eigenvalue weighted by Gasteiger charge is 2.18. The summed E-state index contributed by atoms with van der Waals surface area (Å²) in [5, 5.41) is 9.83. The lowest BCUT2D eigenvalue weighted by Crippen LogP contribution is -2.36. The van der Waals surface area contributed by atoms with Crippen molar-refractivity contribution in [2.24, 2.45) is 0 Å². The number of aromatic nitrogens is 1. The SMILES string of the molecule is O=c1ccccn1CC(O)CNS(=O)(=O)c1ccc(Cl)s1. The number of nitrogens with one attached hydrogen (secondary N) is 1. The van der Waals surface area contributed by atoms with E-state index < -0.39 is 16.1 Å². The maximum Gasteiger partial charge on any atom is 0.250 e. The zero-order chi connectivity index (χ0) is 15.5. The molecule has 0 aliphatic rings. The Hall–Kier alpha value is -1.19. The average Bonchev–Trinajstić information content (AvgIpc) is 2.87. The summed E-state index contributed by atoms with van der Waals surface area (Å²) >= 11 is 6.62. The Bertz CT molecular complexity index is 769. The molecular weight excluding hydrogens is 336 g/mol. The summed E-state index contributed by atoms with van der Waals surface area (Å²) in [5.74, 6) is 0. The Morgan fingerprint density at radius 2 is 2.10 bits per heavy atom. The van der Waals surface area contributed by atoms with E-state index in [1.165, 1.54) is 29.0 Å². The van der Waals surface area contributed by atoms with E-state index in [9.17, 15) is 18.3 Å². The molecule has 0 saturated heterocycles. The number of rotatable bonds is 6. The van der Waals surface area contributed by atoms with Crippen molar-refractivity contribution in [2.45, 2.75) is 16.9 Å². The summed E-state index contributed by atoms with van der Waals surface area (Å²) in [7, 11) is -3.70. The molecule has 2 aromatic rings. The lowest BCUT2D eigenvalue weighted by molar-refractivity contribution is 0.156. The van der Waals surface area contributed by atoms with E-state index in [-0.39, 0.29) is 22.9 Å². The minimum atomic E-state index is -3.70. The summed E-state index contributed by atoms with van der Waals surface area (Å²) in [6.45, 7) is -0.188. The molecule has 114 valence electrons. The van der Waals surface area contributed by atoms with Crippen LogP contribution in [0.1, 0.15) is 0 Å². The predicted octanol–water partition coefficient (Wildman–Crippen LogP) is 0.903. The van der Waals surface area contributed by atoms with Crippen molar-refractivity contribution in [3.05, 3.63) is 51.2 Å². The smallest absolute Gasteiger partial charge is 0.250 e. The quantitative estimate of drug-likeness (QED) is 0.812. The van der Waals surface area contributed by atoms with Crippen molar-refractivity contribution >= 4 is 33.0 Å². The third kappa shape index (κ3) is 4.39. The highest BCUT2D eigenvalue weighted by molar-refractivity contribution is 7.91. The molecule has 2 rings (SSSR count). The monoisotopic (exact) mass is 348 g/mol. The minimum absolute atomic E-state index is 0.00733. The van der Waals surface area contributed by atoms with Crippen molar-refractivity contribution < 1.29 is 13.5 Å². The molecule has 1 unspecified atom stereocenters. The van der Waals surface area contributed by atoms with Gasteiger partial charge in [0.25, 0.3) is 5.56 Å². The number of aliphatic hydroxyl groups excluding tert-OH is 1. The first kappa shape index (κ1) is 16.2. The third-order valence-corrected chi connectivity index (χ3v) is 5.78. The molecule has 6 nitrogen and oxygen atoms in total. The maximum absolute atomic E-state index is 11.9. The molecule has 2 aromatic heterocycles. The van der Waals surface area contributed by atoms with Crippen LogP contribution < -0.4 is 10.3 Å². The molecular formula is C12H13ClN2O4S2. The molecule has 0 bridgehead atoms. The van der Waals surface area contributed by atoms with E-state index >= 15 is 0 Å². The number of sulfonamides is 1. The number of hydrogen-bond donors (Lipinski definition) is 2. The largest absolute Gasteiger partial charge is 0.390 e. The van der Waals surface area contributed by atoms with Crippen LogP contribution >= 0.6 is 22.9 Å². The first-order valence-corrected chi connectivity index (χ1v) is 8.65. The highest BCUT2D eigenvalue weighted by Crippen LogP contribution is 2.25. The van der Waals surface area contributed by atoms with Gasteiger partial charge in [0.1, 0.15) is 4.21 Å². The van der Waals surface area contributed by atoms with Gasteiger partial charge in [-0.2, -0.15) is 0 Å². The summed E-state index contributed by atoms with van der Waals surface area (Å²) < 4.78 is 27.9. The summed E-state index contributed by atoms with van der Waals surface area (Å²) in [6, 6.07) is 7.50. The van der Waals surface area contributed by atoms with Crippen LogP contribution in [0.4, 0.5) is 0 Å². The first-order chi connectivity index (χ1) is 9.88. The van der Waals surface area contributed by atoms with Crippen LogP contribution in [0.5, 0.6) is 0 Å². The lowest BCUT2D eigenvalue weighted by atomic mass is 10.3. The molecule has 0 fully saturated rings. The fraction of sp³-hybridized carbons (Fsp3) is 0.250. The molecule has 0 aromatic carbocycles. The molecule has 0 aliphatic carbocycles. The Kier molecular flexibility index (Phi) is 5.17. The van der Waals surface area contributed by atoms with Gasteiger partial charge in [0, 0.05) is 18.8 Å². The zero-order valence-electron chi connectivity index (χ0n) is 10.8. The van der Waals surface area contributed by atoms with E-state index in [1.54, 1.807) is 12.1 Å². The molecule has 21 heavy (non-hydrogen) atoms. The van der Waals surface area contributed by atoms with Gasteiger partial charge < -0.3 is 9.67 Å². The third-order valence-electron chi connectivity index (χ3n) is 2.63. The van der Waals surface area contributed by atoms with Gasteiger partial charge in [0.15, 0.2) is 0 Å². The van der Waals surface area contributed by atoms with Crippen LogP contribution in [0.3, 0.4) is 0 Å². The van der Waals surface area contributed by atoms with Crippen LogP contribution in [0, 0.1) is 0 Å². The zero-order valence-corrected chi connectivity index (χ0v) is 13.2. The number of nitrogens with zero attached hydrogens (tertiary/aromatic N) is 1. The molecule has 2 heterocycles. The normalized spacial score (nSPS) is 13.2. The predicted molar refractivity (Wildman–Crippen MR) is 81.2 cm³/mol. The summed E-state index contributed by atoms with van der Waals surface area (Å²) in [4.78, 5) is 11.5. The van der Waals surface area contributed by atoms with Crippen LogP contribution in [0.15, 0.2) is 45.5 Å². The second-order valence-corrected chi connectivity index (χ2v) is 7.96. The van der Waals surface area contributed by atoms with E-state index in [1.807, 2.05) is 0 Å². The van der Waals surface area contributed by atoms with Crippen LogP contribution in [-0.2, 0) is 16.6 Å². The molecule has 0 radical (unpaired) electrons. The summed E-state index contributed by atoms with van der Waals surface area (Å²) in [5.41, 5.74) is -0.260. The minimum Gasteiger partial charge on any atom is -0.390 e. The molecule has 0 spiro atoms. The van der Waals surface area contributed by atoms with E-state index in [2.05, 4.69) is 4.72 Å². The summed E-state index contributed by atoms with van der Waals surface area (Å²) in [6.07, 6.45) is 0.509. The Morgan fingerprint density at radius 1 is 1.33 bits per heavy atom. The lowest BCUT2D eigenvalue weighted by Gasteiger charge is -2.13. The van der Waals surface area contributed by atoms with Gasteiger partial charge in [-0.15, -0.1) is 11.3 Å². The molecule has 0 amide bonds. The molecule has 2 N–H and O–H groups in total. The van der Waals surface area contributed by atoms with Crippen molar-refractivity contribution in [1.29, 1.82) is 0 Å². The molecule has 0 saturated carbocycles. The van der Waals surface area contributed by atoms with Gasteiger partial charge >= 0.3 is 0 Å². The fourth-order valence-electron chi connectivity index (χ4n) is 1.62. The van der Waals surface area contributed by atoms with Gasteiger partial charge in [-0.05, 0) is 18.2 Å². The van der Waals surface area contributed by atoms with E-state index in [4.69, 9.17) is 11.6 Å². The number of thiophene rings is 1. The van der Waals surface area contributed by atoms with E-state index in [0.29, 0.717) is 4.34 Å². The van der Waals surface area contributed by atoms with Crippen LogP contribution in [0.25, 0.3) is 0 Å². The van der Waals surface area contributed by atoms with E-state index in [0.717, 1.165) is 11.3 Å². The van der Waals surface area contributed by atoms with Crippen molar-refractivity contribution in [3.63, 3.8) is 0 Å². The second kappa shape index (κ2) is 6.71. The molecule has 0 aliphatic heterocycles. The molecule has 1 atom stereocenters. The first-order valence-electron chi connectivity index (χ1n) is 5.97. The maximum atomic E-state index is 11.9. The molecule has 9 heteroatoms. The van der Waals surface area contributed by atoms with Crippen LogP contribution in [-0.4, -0.2) is 30.7 Å². The topological polar surface area (TPSA) is 88.4 Å². The number of pyridine rings is 1. The standard InChI is InChI=1S/C12H13ClN2O4S2/c13-10-4-5-12(20-10)21(18,19)14-7-9(16)8-15-6-2-1-3-11(15)17/h1-6,9,14,16H,7-8H2. The van der Waals surface area contributed by atoms with Gasteiger partial charge in [-0.3, -0.25) is 4.79 Å². The number of hydrogen-bond acceptors (Lipinski definition) is 5. The number of halogens is 1. The van der Waals surface area contributed by atoms with Gasteiger partial charge in [0.2, 0.25) is 10.0 Å². The van der Waals surface area contributed by atoms with Crippen molar-refractivity contribution in [3.8, 4) is 0 Å². The number of aliphatic hydroxyl groups is 1. The Labute approximate surface area is 130 Å². The van der Waals surface area contributed by atoms with Gasteiger partial charge in [-0.25, -0.2) is 13.1 Å². The van der Waals surface area contributed by atoms with Crippen LogP contribution in [0.2, 0.25) is 4.34 Å². The fourth-order valence-corrected chi connectivity index (χ4v) is 4.22. The highest BCUT2D eigenvalue weighted by atomic mass is 35.5. The van der Waals surface area contributed by atoms with Crippen molar-refractivity contribution in [2.75, 3.05) is 6.54 Å². The Morgan fingerprint density at radius 3 is 2.71 bits per heavy atom. The van der Waals surface area contributed by atoms with Gasteiger partial charge in [-0.1, -0.05) is 17.7 Å². The average molecular weight is 349 g/mol.